The molecule has 0 spiro atoms. The number of hydrogen-bond donors (Lipinski definition) is 3. The number of nitrogens with one attached hydrogen (secondary N) is 2. The van der Waals surface area contributed by atoms with Crippen LogP contribution >= 0.6 is 0 Å². The largest absolute Gasteiger partial charge is 0.385 e. The van der Waals surface area contributed by atoms with Crippen molar-refractivity contribution in [2.45, 2.75) is 89.2 Å². The summed E-state index contributed by atoms with van der Waals surface area (Å²) in [6.45, 7) is 4.30. The normalized spacial score (nSPS) is 21.2. The van der Waals surface area contributed by atoms with E-state index in [2.05, 4.69) is 10.6 Å². The van der Waals surface area contributed by atoms with Crippen LogP contribution in [0.5, 0.6) is 0 Å². The third kappa shape index (κ3) is 8.33. The number of likely N-dealkylation sites (tertiary alicyclic amines) is 1. The molecule has 0 bridgehead atoms. The van der Waals surface area contributed by atoms with Gasteiger partial charge in [-0.15, -0.1) is 0 Å². The molecular weight excluding hydrogens is 495 g/mol. The minimum atomic E-state index is -1.81. The summed E-state index contributed by atoms with van der Waals surface area (Å²) in [5.74, 6) is -3.46. The van der Waals surface area contributed by atoms with Crippen molar-refractivity contribution in [1.82, 2.24) is 15.5 Å². The van der Waals surface area contributed by atoms with Gasteiger partial charge >= 0.3 is 6.03 Å². The molecule has 38 heavy (non-hydrogen) atoms. The number of carbonyl (C=O) groups is 1. The van der Waals surface area contributed by atoms with Gasteiger partial charge in [0.1, 0.15) is 5.82 Å². The van der Waals surface area contributed by atoms with Crippen molar-refractivity contribution in [3.8, 4) is 0 Å². The van der Waals surface area contributed by atoms with Gasteiger partial charge in [0.15, 0.2) is 11.6 Å². The van der Waals surface area contributed by atoms with Crippen molar-refractivity contribution in [2.24, 2.45) is 11.8 Å². The summed E-state index contributed by atoms with van der Waals surface area (Å²) >= 11 is 0. The standard InChI is InChI=1S/C29H46F3N3O3/c1-3-38-15-8-7-13-29(37,25-17-23(30)18-26(31)27(25)32)22-12-9-14-35(20-22)28(36)34-24(19-33-2)16-21-10-5-4-6-11-21/h17-18,21-22,24,33,37H,3-16,19-20H2,1-2H3,(H,34,36)/t22-,24+,29+/m1/s1. The van der Waals surface area contributed by atoms with E-state index in [1.54, 1.807) is 4.90 Å². The number of nitrogens with zero attached hydrogens (tertiary/aromatic N) is 1. The Bertz CT molecular complexity index is 884. The number of rotatable bonds is 13. The first-order valence-corrected chi connectivity index (χ1v) is 14.4. The molecular formula is C29H46F3N3O3. The first kappa shape index (κ1) is 30.7. The van der Waals surface area contributed by atoms with E-state index in [-0.39, 0.29) is 30.6 Å². The molecule has 1 aromatic rings. The van der Waals surface area contributed by atoms with Crippen LogP contribution in [0.15, 0.2) is 12.1 Å². The van der Waals surface area contributed by atoms with E-state index < -0.39 is 29.0 Å². The summed E-state index contributed by atoms with van der Waals surface area (Å²) in [5, 5.41) is 18.2. The molecule has 2 aliphatic rings. The first-order valence-electron chi connectivity index (χ1n) is 14.4. The molecule has 3 atom stereocenters. The quantitative estimate of drug-likeness (QED) is 0.229. The predicted octanol–water partition coefficient (Wildman–Crippen LogP) is 5.48. The van der Waals surface area contributed by atoms with Gasteiger partial charge in [-0.1, -0.05) is 32.1 Å². The zero-order valence-corrected chi connectivity index (χ0v) is 23.0. The fourth-order valence-electron chi connectivity index (χ4n) is 6.25. The van der Waals surface area contributed by atoms with E-state index in [1.165, 1.54) is 32.1 Å². The molecule has 0 unspecified atom stereocenters. The number of likely N-dealkylation sites (N-methyl/N-ethyl adjacent to an activating group) is 1. The summed E-state index contributed by atoms with van der Waals surface area (Å²) in [4.78, 5) is 15.0. The predicted molar refractivity (Wildman–Crippen MR) is 142 cm³/mol. The second-order valence-electron chi connectivity index (χ2n) is 11.1. The molecule has 1 aromatic carbocycles. The van der Waals surface area contributed by atoms with Gasteiger partial charge in [0.05, 0.1) is 5.60 Å². The average Bonchev–Trinajstić information content (AvgIpc) is 2.91. The number of ether oxygens (including phenoxy) is 1. The lowest BCUT2D eigenvalue weighted by Gasteiger charge is -2.43. The summed E-state index contributed by atoms with van der Waals surface area (Å²) in [7, 11) is 1.87. The second-order valence-corrected chi connectivity index (χ2v) is 11.1. The molecule has 3 N–H and O–H groups in total. The zero-order valence-electron chi connectivity index (χ0n) is 23.0. The number of aliphatic hydroxyl groups is 1. The minimum Gasteiger partial charge on any atom is -0.385 e. The van der Waals surface area contributed by atoms with Gasteiger partial charge in [-0.05, 0) is 64.5 Å². The van der Waals surface area contributed by atoms with Crippen molar-refractivity contribution < 1.29 is 27.8 Å². The molecule has 0 aromatic heterocycles. The molecule has 2 amide bonds. The van der Waals surface area contributed by atoms with Crippen molar-refractivity contribution in [3.63, 3.8) is 0 Å². The number of urea groups is 1. The van der Waals surface area contributed by atoms with Crippen molar-refractivity contribution in [1.29, 1.82) is 0 Å². The van der Waals surface area contributed by atoms with Gasteiger partial charge in [-0.3, -0.25) is 0 Å². The van der Waals surface area contributed by atoms with Gasteiger partial charge in [0.2, 0.25) is 0 Å². The Morgan fingerprint density at radius 2 is 1.92 bits per heavy atom. The fourth-order valence-corrected chi connectivity index (χ4v) is 6.25. The number of amides is 2. The highest BCUT2D eigenvalue weighted by atomic mass is 19.2. The van der Waals surface area contributed by atoms with E-state index in [0.29, 0.717) is 64.0 Å². The monoisotopic (exact) mass is 541 g/mol. The molecule has 3 rings (SSSR count). The highest BCUT2D eigenvalue weighted by Gasteiger charge is 2.43. The van der Waals surface area contributed by atoms with E-state index >= 15 is 0 Å². The van der Waals surface area contributed by atoms with Crippen LogP contribution in [0.4, 0.5) is 18.0 Å². The molecule has 6 nitrogen and oxygen atoms in total. The topological polar surface area (TPSA) is 73.8 Å². The highest BCUT2D eigenvalue weighted by Crippen LogP contribution is 2.41. The molecule has 2 fully saturated rings. The van der Waals surface area contributed by atoms with E-state index in [0.717, 1.165) is 12.5 Å². The van der Waals surface area contributed by atoms with Crippen LogP contribution < -0.4 is 10.6 Å². The second kappa shape index (κ2) is 15.1. The van der Waals surface area contributed by atoms with E-state index in [4.69, 9.17) is 4.74 Å². The number of hydrogen-bond acceptors (Lipinski definition) is 4. The Hall–Kier alpha value is -1.84. The van der Waals surface area contributed by atoms with Crippen LogP contribution in [-0.4, -0.2) is 62.0 Å². The van der Waals surface area contributed by atoms with Crippen molar-refractivity contribution in [2.75, 3.05) is 39.9 Å². The number of unbranched alkanes of at least 4 members (excludes halogenated alkanes) is 1. The van der Waals surface area contributed by atoms with Gasteiger partial charge in [-0.25, -0.2) is 18.0 Å². The van der Waals surface area contributed by atoms with Crippen LogP contribution in [0.1, 0.15) is 83.1 Å². The number of piperidine rings is 1. The van der Waals surface area contributed by atoms with Crippen LogP contribution in [-0.2, 0) is 10.3 Å². The first-order chi connectivity index (χ1) is 18.3. The smallest absolute Gasteiger partial charge is 0.317 e. The molecule has 1 aliphatic heterocycles. The summed E-state index contributed by atoms with van der Waals surface area (Å²) in [6, 6.07) is 1.16. The van der Waals surface area contributed by atoms with E-state index in [9.17, 15) is 23.1 Å². The van der Waals surface area contributed by atoms with Gasteiger partial charge in [0, 0.05) is 56.4 Å². The van der Waals surface area contributed by atoms with Crippen LogP contribution in [0.25, 0.3) is 0 Å². The van der Waals surface area contributed by atoms with E-state index in [1.807, 2.05) is 14.0 Å². The van der Waals surface area contributed by atoms with Crippen LogP contribution in [0, 0.1) is 29.3 Å². The maximum atomic E-state index is 15.0. The lowest BCUT2D eigenvalue weighted by Crippen LogP contribution is -2.54. The van der Waals surface area contributed by atoms with Crippen LogP contribution in [0.3, 0.4) is 0 Å². The Kier molecular flexibility index (Phi) is 12.2. The Morgan fingerprint density at radius 1 is 1.16 bits per heavy atom. The molecule has 1 heterocycles. The lowest BCUT2D eigenvalue weighted by atomic mass is 9.74. The fraction of sp³-hybridized carbons (Fsp3) is 0.759. The third-order valence-corrected chi connectivity index (χ3v) is 8.26. The van der Waals surface area contributed by atoms with Crippen molar-refractivity contribution in [3.05, 3.63) is 35.1 Å². The molecule has 1 aliphatic carbocycles. The molecule has 9 heteroatoms. The van der Waals surface area contributed by atoms with Crippen molar-refractivity contribution >= 4 is 6.03 Å². The molecule has 1 saturated carbocycles. The summed E-state index contributed by atoms with van der Waals surface area (Å²) in [6.07, 6.45) is 9.40. The lowest BCUT2D eigenvalue weighted by molar-refractivity contribution is -0.0595. The summed E-state index contributed by atoms with van der Waals surface area (Å²) in [5.41, 5.74) is -2.19. The van der Waals surface area contributed by atoms with Gasteiger partial charge in [-0.2, -0.15) is 0 Å². The summed E-state index contributed by atoms with van der Waals surface area (Å²) < 4.78 is 48.8. The Morgan fingerprint density at radius 3 is 2.63 bits per heavy atom. The minimum absolute atomic E-state index is 0.0109. The maximum Gasteiger partial charge on any atom is 0.317 e. The number of benzene rings is 1. The molecule has 216 valence electrons. The van der Waals surface area contributed by atoms with Gasteiger partial charge < -0.3 is 25.4 Å². The van der Waals surface area contributed by atoms with Gasteiger partial charge in [0.25, 0.3) is 0 Å². The maximum absolute atomic E-state index is 15.0. The number of halogens is 3. The average molecular weight is 542 g/mol. The third-order valence-electron chi connectivity index (χ3n) is 8.26. The Labute approximate surface area is 225 Å². The van der Waals surface area contributed by atoms with Crippen LogP contribution in [0.2, 0.25) is 0 Å². The highest BCUT2D eigenvalue weighted by molar-refractivity contribution is 5.74. The SMILES string of the molecule is CCOCCCC[C@@](O)(c1cc(F)cc(F)c1F)[C@@H]1CCCN(C(=O)N[C@H](CNC)CC2CCCCC2)C1. The number of carbonyl (C=O) groups excluding carboxylic acids is 1. The zero-order chi connectivity index (χ0) is 27.5. The molecule has 1 saturated heterocycles. The molecule has 0 radical (unpaired) electrons. The Balaban J connectivity index is 1.74.